The van der Waals surface area contributed by atoms with Crippen molar-refractivity contribution in [1.29, 1.82) is 0 Å². The van der Waals surface area contributed by atoms with E-state index in [-0.39, 0.29) is 5.91 Å². The minimum Gasteiger partial charge on any atom is -0.397 e. The van der Waals surface area contributed by atoms with E-state index >= 15 is 0 Å². The number of benzene rings is 1. The molecule has 1 amide bonds. The van der Waals surface area contributed by atoms with Crippen molar-refractivity contribution >= 4 is 33.0 Å². The van der Waals surface area contributed by atoms with E-state index < -0.39 is 0 Å². The lowest BCUT2D eigenvalue weighted by Crippen LogP contribution is -2.37. The molecule has 0 atom stereocenters. The van der Waals surface area contributed by atoms with E-state index in [1.807, 2.05) is 43.3 Å². The van der Waals surface area contributed by atoms with Gasteiger partial charge in [-0.2, -0.15) is 0 Å². The van der Waals surface area contributed by atoms with Gasteiger partial charge in [-0.15, -0.1) is 11.3 Å². The van der Waals surface area contributed by atoms with Gasteiger partial charge >= 0.3 is 0 Å². The smallest absolute Gasteiger partial charge is 0.266 e. The Bertz CT molecular complexity index is 621. The maximum atomic E-state index is 12.8. The zero-order chi connectivity index (χ0) is 15.4. The maximum Gasteiger partial charge on any atom is 0.266 e. The summed E-state index contributed by atoms with van der Waals surface area (Å²) in [6.45, 7) is 4.44. The van der Waals surface area contributed by atoms with Gasteiger partial charge < -0.3 is 15.5 Å². The number of likely N-dealkylation sites (N-methyl/N-ethyl adjacent to an activating group) is 1. The summed E-state index contributed by atoms with van der Waals surface area (Å²) >= 11 is 1.49. The van der Waals surface area contributed by atoms with Gasteiger partial charge in [0.1, 0.15) is 4.88 Å². The Morgan fingerprint density at radius 2 is 1.90 bits per heavy atom. The number of fused-ring (bicyclic) bond motifs is 1. The van der Waals surface area contributed by atoms with E-state index in [2.05, 4.69) is 11.8 Å². The monoisotopic (exact) mass is 305 g/mol. The van der Waals surface area contributed by atoms with Crippen LogP contribution in [-0.4, -0.2) is 49.4 Å². The first-order valence-corrected chi connectivity index (χ1v) is 8.07. The largest absolute Gasteiger partial charge is 0.397 e. The van der Waals surface area contributed by atoms with Crippen LogP contribution < -0.4 is 5.73 Å². The number of hydrogen-bond donors (Lipinski definition) is 1. The van der Waals surface area contributed by atoms with E-state index in [1.165, 1.54) is 11.3 Å². The number of nitrogens with two attached hydrogens (primary N) is 1. The third kappa shape index (κ3) is 3.54. The molecule has 4 nitrogen and oxygen atoms in total. The van der Waals surface area contributed by atoms with E-state index in [1.54, 1.807) is 0 Å². The van der Waals surface area contributed by atoms with Crippen molar-refractivity contribution in [3.05, 3.63) is 29.1 Å². The van der Waals surface area contributed by atoms with Crippen LogP contribution in [0.1, 0.15) is 23.0 Å². The third-order valence-electron chi connectivity index (χ3n) is 3.43. The lowest BCUT2D eigenvalue weighted by Gasteiger charge is -2.23. The summed E-state index contributed by atoms with van der Waals surface area (Å²) in [6.07, 6.45) is 0.948. The fraction of sp³-hybridized carbons (Fsp3) is 0.438. The Kier molecular flexibility index (Phi) is 5.20. The standard InChI is InChI=1S/C16H23N3OS/c1-4-9-19(11-10-18(2)3)16(20)15-14(17)12-7-5-6-8-13(12)21-15/h5-8H,4,9-11,17H2,1-3H3. The third-order valence-corrected chi connectivity index (χ3v) is 4.60. The lowest BCUT2D eigenvalue weighted by atomic mass is 10.2. The number of nitrogens with zero attached hydrogens (tertiary/aromatic N) is 2. The second-order valence-corrected chi connectivity index (χ2v) is 6.49. The number of carbonyl (C=O) groups is 1. The molecule has 0 aliphatic heterocycles. The number of rotatable bonds is 6. The van der Waals surface area contributed by atoms with Crippen LogP contribution in [0.3, 0.4) is 0 Å². The second kappa shape index (κ2) is 6.91. The van der Waals surface area contributed by atoms with Crippen molar-refractivity contribution < 1.29 is 4.79 Å². The molecule has 0 spiro atoms. The first-order valence-electron chi connectivity index (χ1n) is 7.25. The molecule has 0 bridgehead atoms. The Morgan fingerprint density at radius 1 is 1.19 bits per heavy atom. The summed E-state index contributed by atoms with van der Waals surface area (Å²) in [7, 11) is 4.03. The van der Waals surface area contributed by atoms with Gasteiger partial charge in [0, 0.05) is 29.7 Å². The molecular weight excluding hydrogens is 282 g/mol. The SMILES string of the molecule is CCCN(CCN(C)C)C(=O)c1sc2ccccc2c1N. The molecule has 5 heteroatoms. The Hall–Kier alpha value is -1.59. The van der Waals surface area contributed by atoms with Crippen molar-refractivity contribution in [3.8, 4) is 0 Å². The summed E-state index contributed by atoms with van der Waals surface area (Å²) in [5.74, 6) is 0.0531. The molecule has 21 heavy (non-hydrogen) atoms. The number of amides is 1. The summed E-state index contributed by atoms with van der Waals surface area (Å²) < 4.78 is 1.07. The number of carbonyl (C=O) groups excluding carboxylic acids is 1. The van der Waals surface area contributed by atoms with E-state index in [0.29, 0.717) is 10.6 Å². The fourth-order valence-electron chi connectivity index (χ4n) is 2.27. The summed E-state index contributed by atoms with van der Waals surface area (Å²) in [5, 5.41) is 0.981. The quantitative estimate of drug-likeness (QED) is 0.893. The van der Waals surface area contributed by atoms with Gasteiger partial charge in [0.2, 0.25) is 0 Å². The molecule has 0 aliphatic rings. The van der Waals surface area contributed by atoms with Gasteiger partial charge in [-0.25, -0.2) is 0 Å². The zero-order valence-corrected chi connectivity index (χ0v) is 13.7. The minimum atomic E-state index is 0.0531. The van der Waals surface area contributed by atoms with Gasteiger partial charge in [0.25, 0.3) is 5.91 Å². The highest BCUT2D eigenvalue weighted by Crippen LogP contribution is 2.34. The number of thiophene rings is 1. The normalized spacial score (nSPS) is 11.2. The maximum absolute atomic E-state index is 12.8. The average Bonchev–Trinajstić information content (AvgIpc) is 2.80. The van der Waals surface area contributed by atoms with Gasteiger partial charge in [-0.1, -0.05) is 25.1 Å². The molecule has 0 saturated heterocycles. The number of anilines is 1. The molecule has 114 valence electrons. The van der Waals surface area contributed by atoms with Crippen LogP contribution in [0.4, 0.5) is 5.69 Å². The second-order valence-electron chi connectivity index (χ2n) is 5.44. The van der Waals surface area contributed by atoms with Gasteiger partial charge in [-0.3, -0.25) is 4.79 Å². The van der Waals surface area contributed by atoms with Crippen molar-refractivity contribution in [2.75, 3.05) is 39.5 Å². The van der Waals surface area contributed by atoms with Crippen molar-refractivity contribution in [3.63, 3.8) is 0 Å². The van der Waals surface area contributed by atoms with Crippen LogP contribution in [-0.2, 0) is 0 Å². The molecule has 1 aromatic heterocycles. The topological polar surface area (TPSA) is 49.6 Å². The lowest BCUT2D eigenvalue weighted by molar-refractivity contribution is 0.0751. The Morgan fingerprint density at radius 3 is 2.52 bits per heavy atom. The van der Waals surface area contributed by atoms with Gasteiger partial charge in [0.05, 0.1) is 5.69 Å². The Labute approximate surface area is 130 Å². The molecule has 0 radical (unpaired) electrons. The molecule has 0 saturated carbocycles. The Balaban J connectivity index is 2.27. The van der Waals surface area contributed by atoms with Crippen molar-refractivity contribution in [2.24, 2.45) is 0 Å². The van der Waals surface area contributed by atoms with Crippen LogP contribution in [0, 0.1) is 0 Å². The molecule has 2 rings (SSSR count). The van der Waals surface area contributed by atoms with E-state index in [0.717, 1.165) is 36.1 Å². The molecular formula is C16H23N3OS. The van der Waals surface area contributed by atoms with Gasteiger partial charge in [-0.05, 0) is 26.6 Å². The van der Waals surface area contributed by atoms with E-state index in [4.69, 9.17) is 5.73 Å². The molecule has 1 aromatic carbocycles. The van der Waals surface area contributed by atoms with Crippen LogP contribution in [0.15, 0.2) is 24.3 Å². The predicted molar refractivity (Wildman–Crippen MR) is 91.0 cm³/mol. The zero-order valence-electron chi connectivity index (χ0n) is 12.9. The molecule has 1 heterocycles. The number of nitrogen functional groups attached to an aromatic ring is 1. The summed E-state index contributed by atoms with van der Waals surface area (Å²) in [6, 6.07) is 7.91. The fourth-order valence-corrected chi connectivity index (χ4v) is 3.36. The van der Waals surface area contributed by atoms with Crippen LogP contribution >= 0.6 is 11.3 Å². The minimum absolute atomic E-state index is 0.0531. The number of hydrogen-bond acceptors (Lipinski definition) is 4. The van der Waals surface area contributed by atoms with Crippen molar-refractivity contribution in [2.45, 2.75) is 13.3 Å². The summed E-state index contributed by atoms with van der Waals surface area (Å²) in [5.41, 5.74) is 6.80. The molecule has 0 unspecified atom stereocenters. The predicted octanol–water partition coefficient (Wildman–Crippen LogP) is 2.90. The first-order chi connectivity index (χ1) is 10.0. The van der Waals surface area contributed by atoms with Crippen molar-refractivity contribution in [1.82, 2.24) is 9.80 Å². The van der Waals surface area contributed by atoms with E-state index in [9.17, 15) is 4.79 Å². The summed E-state index contributed by atoms with van der Waals surface area (Å²) in [4.78, 5) is 17.4. The molecule has 2 N–H and O–H groups in total. The van der Waals surface area contributed by atoms with Crippen LogP contribution in [0.5, 0.6) is 0 Å². The average molecular weight is 305 g/mol. The highest BCUT2D eigenvalue weighted by Gasteiger charge is 2.21. The van der Waals surface area contributed by atoms with Crippen LogP contribution in [0.25, 0.3) is 10.1 Å². The first kappa shape index (κ1) is 15.8. The molecule has 0 fully saturated rings. The van der Waals surface area contributed by atoms with Crippen LogP contribution in [0.2, 0.25) is 0 Å². The highest BCUT2D eigenvalue weighted by atomic mass is 32.1. The molecule has 2 aromatic rings. The molecule has 0 aliphatic carbocycles. The van der Waals surface area contributed by atoms with Gasteiger partial charge in [0.15, 0.2) is 0 Å². The highest BCUT2D eigenvalue weighted by molar-refractivity contribution is 7.21.